The minimum atomic E-state index is -1.01. The number of ether oxygens (including phenoxy) is 2. The Balaban J connectivity index is 1.52. The van der Waals surface area contributed by atoms with E-state index < -0.39 is 18.0 Å². The second-order valence-corrected chi connectivity index (χ2v) is 8.24. The molecule has 1 fully saturated rings. The molecule has 1 aliphatic rings. The summed E-state index contributed by atoms with van der Waals surface area (Å²) >= 11 is 3.43. The number of Topliss-reactive ketones (excluding diaryl/α,β-unsaturated/α-hetero) is 1. The van der Waals surface area contributed by atoms with E-state index in [4.69, 9.17) is 9.47 Å². The van der Waals surface area contributed by atoms with Gasteiger partial charge >= 0.3 is 6.09 Å². The maximum atomic E-state index is 12.9. The van der Waals surface area contributed by atoms with E-state index in [0.29, 0.717) is 23.5 Å². The molecule has 0 spiro atoms. The highest BCUT2D eigenvalue weighted by Gasteiger charge is 2.41. The maximum absolute atomic E-state index is 12.9. The van der Waals surface area contributed by atoms with Crippen molar-refractivity contribution in [2.75, 3.05) is 6.61 Å². The van der Waals surface area contributed by atoms with Gasteiger partial charge in [0.1, 0.15) is 25.0 Å². The highest BCUT2D eigenvalue weighted by atomic mass is 79.9. The zero-order chi connectivity index (χ0) is 23.2. The van der Waals surface area contributed by atoms with E-state index in [9.17, 15) is 14.4 Å². The average molecular weight is 506 g/mol. The molecule has 0 aromatic heterocycles. The fourth-order valence-corrected chi connectivity index (χ4v) is 3.79. The van der Waals surface area contributed by atoms with Gasteiger partial charge in [-0.05, 0) is 29.8 Å². The molecule has 0 N–H and O–H groups in total. The number of halogens is 1. The summed E-state index contributed by atoms with van der Waals surface area (Å²) < 4.78 is 11.7. The molecule has 6 nitrogen and oxygen atoms in total. The van der Waals surface area contributed by atoms with E-state index in [1.807, 2.05) is 36.4 Å². The third-order valence-corrected chi connectivity index (χ3v) is 5.58. The van der Waals surface area contributed by atoms with Crippen molar-refractivity contribution in [1.82, 2.24) is 4.90 Å². The highest BCUT2D eigenvalue weighted by molar-refractivity contribution is 9.10. The number of ketones is 1. The summed E-state index contributed by atoms with van der Waals surface area (Å²) in [7, 11) is 0. The Bertz CT molecular complexity index is 1190. The molecule has 1 heterocycles. The van der Waals surface area contributed by atoms with E-state index in [-0.39, 0.29) is 12.4 Å². The van der Waals surface area contributed by atoms with Crippen LogP contribution in [0.1, 0.15) is 21.5 Å². The molecule has 2 amide bonds. The fraction of sp³-hybridized carbons (Fsp3) is 0.115. The second kappa shape index (κ2) is 10.3. The predicted octanol–water partition coefficient (Wildman–Crippen LogP) is 5.27. The summed E-state index contributed by atoms with van der Waals surface area (Å²) in [5.41, 5.74) is 2.06. The molecule has 3 aromatic carbocycles. The number of imide groups is 1. The average Bonchev–Trinajstić information content (AvgIpc) is 3.24. The molecule has 4 rings (SSSR count). The van der Waals surface area contributed by atoms with Gasteiger partial charge in [-0.1, -0.05) is 76.6 Å². The number of rotatable bonds is 7. The number of nitrogens with zero attached hydrogens (tertiary/aromatic N) is 1. The van der Waals surface area contributed by atoms with Crippen molar-refractivity contribution in [3.63, 3.8) is 0 Å². The smallest absolute Gasteiger partial charge is 0.417 e. The number of carbonyl (C=O) groups excluding carboxylic acids is 3. The first-order valence-electron chi connectivity index (χ1n) is 10.3. The molecule has 1 saturated heterocycles. The van der Waals surface area contributed by atoms with E-state index in [1.54, 1.807) is 48.5 Å². The molecule has 7 heteroatoms. The zero-order valence-corrected chi connectivity index (χ0v) is 19.1. The SMILES string of the molecule is O=C(c1ccccc1)[C@@H]1COC(=O)N1C(=O)C=Cc1cc(Br)ccc1OCc1ccccc1. The molecule has 3 aromatic rings. The molecule has 33 heavy (non-hydrogen) atoms. The minimum Gasteiger partial charge on any atom is -0.488 e. The molecule has 0 radical (unpaired) electrons. The topological polar surface area (TPSA) is 72.9 Å². The fourth-order valence-electron chi connectivity index (χ4n) is 3.41. The van der Waals surface area contributed by atoms with E-state index in [2.05, 4.69) is 15.9 Å². The summed E-state index contributed by atoms with van der Waals surface area (Å²) in [6, 6.07) is 22.7. The van der Waals surface area contributed by atoms with Crippen molar-refractivity contribution in [3.05, 3.63) is 106 Å². The number of hydrogen-bond acceptors (Lipinski definition) is 5. The van der Waals surface area contributed by atoms with Crippen LogP contribution in [0.5, 0.6) is 5.75 Å². The van der Waals surface area contributed by atoms with Gasteiger partial charge in [0.25, 0.3) is 5.91 Å². The Hall–Kier alpha value is -3.71. The first-order chi connectivity index (χ1) is 16.0. The normalized spacial score (nSPS) is 15.5. The summed E-state index contributed by atoms with van der Waals surface area (Å²) in [5, 5.41) is 0. The van der Waals surface area contributed by atoms with Gasteiger partial charge in [0.2, 0.25) is 0 Å². The Morgan fingerprint density at radius 3 is 2.45 bits per heavy atom. The molecular weight excluding hydrogens is 486 g/mol. The number of amides is 2. The highest BCUT2D eigenvalue weighted by Crippen LogP contribution is 2.26. The van der Waals surface area contributed by atoms with Crippen LogP contribution in [-0.4, -0.2) is 35.3 Å². The van der Waals surface area contributed by atoms with Crippen LogP contribution in [0.2, 0.25) is 0 Å². The van der Waals surface area contributed by atoms with Crippen molar-refractivity contribution in [2.45, 2.75) is 12.6 Å². The second-order valence-electron chi connectivity index (χ2n) is 7.32. The minimum absolute atomic E-state index is 0.172. The van der Waals surface area contributed by atoms with Crippen LogP contribution in [-0.2, 0) is 16.1 Å². The summed E-state index contributed by atoms with van der Waals surface area (Å²) in [6.07, 6.45) is 1.96. The third-order valence-electron chi connectivity index (χ3n) is 5.09. The van der Waals surface area contributed by atoms with E-state index in [1.165, 1.54) is 6.08 Å². The predicted molar refractivity (Wildman–Crippen MR) is 127 cm³/mol. The van der Waals surface area contributed by atoms with Gasteiger partial charge in [-0.15, -0.1) is 0 Å². The Morgan fingerprint density at radius 2 is 1.73 bits per heavy atom. The van der Waals surface area contributed by atoms with Gasteiger partial charge in [0, 0.05) is 21.7 Å². The Kier molecular flexibility index (Phi) is 7.00. The summed E-state index contributed by atoms with van der Waals surface area (Å²) in [4.78, 5) is 38.8. The first-order valence-corrected chi connectivity index (χ1v) is 11.1. The lowest BCUT2D eigenvalue weighted by Gasteiger charge is -2.17. The van der Waals surface area contributed by atoms with Crippen LogP contribution in [0.3, 0.4) is 0 Å². The van der Waals surface area contributed by atoms with Gasteiger partial charge in [-0.2, -0.15) is 0 Å². The largest absolute Gasteiger partial charge is 0.488 e. The quantitative estimate of drug-likeness (QED) is 0.323. The molecular formula is C26H20BrNO5. The van der Waals surface area contributed by atoms with Crippen molar-refractivity contribution in [3.8, 4) is 5.75 Å². The van der Waals surface area contributed by atoms with Crippen LogP contribution in [0.15, 0.2) is 89.4 Å². The molecule has 1 atom stereocenters. The van der Waals surface area contributed by atoms with Crippen molar-refractivity contribution < 1.29 is 23.9 Å². The number of benzene rings is 3. The van der Waals surface area contributed by atoms with E-state index in [0.717, 1.165) is 14.9 Å². The number of hydrogen-bond donors (Lipinski definition) is 0. The molecule has 0 bridgehead atoms. The van der Waals surface area contributed by atoms with Gasteiger partial charge in [-0.3, -0.25) is 9.59 Å². The van der Waals surface area contributed by atoms with Crippen LogP contribution < -0.4 is 4.74 Å². The summed E-state index contributed by atoms with van der Waals surface area (Å²) in [5.74, 6) is -0.412. The third kappa shape index (κ3) is 5.38. The van der Waals surface area contributed by atoms with Crippen LogP contribution >= 0.6 is 15.9 Å². The number of carbonyl (C=O) groups is 3. The lowest BCUT2D eigenvalue weighted by atomic mass is 10.0. The Labute approximate surface area is 199 Å². The van der Waals surface area contributed by atoms with Gasteiger partial charge < -0.3 is 9.47 Å². The standard InChI is InChI=1S/C26H20BrNO5/c27-21-12-13-23(32-16-18-7-3-1-4-8-18)20(15-21)11-14-24(29)28-22(17-33-26(28)31)25(30)19-9-5-2-6-10-19/h1-15,22H,16-17H2/t22-/m0/s1. The molecule has 0 saturated carbocycles. The van der Waals surface area contributed by atoms with Crippen molar-refractivity contribution in [2.24, 2.45) is 0 Å². The van der Waals surface area contributed by atoms with Crippen LogP contribution in [0.4, 0.5) is 4.79 Å². The molecule has 1 aliphatic heterocycles. The molecule has 0 unspecified atom stereocenters. The monoisotopic (exact) mass is 505 g/mol. The first kappa shape index (κ1) is 22.5. The van der Waals surface area contributed by atoms with Crippen molar-refractivity contribution >= 4 is 39.8 Å². The van der Waals surface area contributed by atoms with E-state index >= 15 is 0 Å². The maximum Gasteiger partial charge on any atom is 0.417 e. The lowest BCUT2D eigenvalue weighted by Crippen LogP contribution is -2.42. The molecule has 0 aliphatic carbocycles. The lowest BCUT2D eigenvalue weighted by molar-refractivity contribution is -0.123. The Morgan fingerprint density at radius 1 is 1.03 bits per heavy atom. The van der Waals surface area contributed by atoms with Crippen LogP contribution in [0, 0.1) is 0 Å². The van der Waals surface area contributed by atoms with Crippen molar-refractivity contribution in [1.29, 1.82) is 0 Å². The number of cyclic esters (lactones) is 1. The van der Waals surface area contributed by atoms with Gasteiger partial charge in [-0.25, -0.2) is 9.69 Å². The van der Waals surface area contributed by atoms with Gasteiger partial charge in [0.15, 0.2) is 5.78 Å². The summed E-state index contributed by atoms with van der Waals surface area (Å²) in [6.45, 7) is 0.192. The van der Waals surface area contributed by atoms with Gasteiger partial charge in [0.05, 0.1) is 0 Å². The van der Waals surface area contributed by atoms with Crippen LogP contribution in [0.25, 0.3) is 6.08 Å². The molecule has 166 valence electrons. The zero-order valence-electron chi connectivity index (χ0n) is 17.5.